The van der Waals surface area contributed by atoms with Crippen LogP contribution in [0.25, 0.3) is 0 Å². The summed E-state index contributed by atoms with van der Waals surface area (Å²) in [6.45, 7) is 2.20. The molecule has 0 fully saturated rings. The quantitative estimate of drug-likeness (QED) is 0.487. The molecule has 0 aliphatic carbocycles. The van der Waals surface area contributed by atoms with Gasteiger partial charge in [-0.25, -0.2) is 0 Å². The van der Waals surface area contributed by atoms with Crippen molar-refractivity contribution in [1.82, 2.24) is 0 Å². The standard InChI is InChI=1S/C20H25INO/c1-2-3-4-5-9-12-20(23)22-19-15-13-18(14-16-19)21-17-10-7-6-8-11-17/h6-8,10-11,13-16H,2-5,9,12H2,1H3,(H,22,23)/q-1. The molecular weight excluding hydrogens is 397 g/mol. The van der Waals surface area contributed by atoms with Crippen LogP contribution in [-0.4, -0.2) is 5.91 Å². The molecule has 0 heterocycles. The van der Waals surface area contributed by atoms with Gasteiger partial charge in [-0.1, -0.05) is 6.92 Å². The van der Waals surface area contributed by atoms with E-state index in [0.29, 0.717) is 6.42 Å². The number of unbranched alkanes of at least 4 members (excludes halogenated alkanes) is 4. The SMILES string of the molecule is CCCCCCCC(=O)Nc1ccc([I-]c2ccccc2)cc1. The second-order valence-corrected chi connectivity index (χ2v) is 8.64. The summed E-state index contributed by atoms with van der Waals surface area (Å²) in [6.07, 6.45) is 6.52. The number of benzene rings is 2. The first kappa shape index (κ1) is 18.0. The van der Waals surface area contributed by atoms with Crippen LogP contribution in [0.4, 0.5) is 5.69 Å². The van der Waals surface area contributed by atoms with E-state index in [1.165, 1.54) is 26.4 Å². The van der Waals surface area contributed by atoms with Gasteiger partial charge in [0.2, 0.25) is 0 Å². The molecule has 0 unspecified atom stereocenters. The molecule has 1 N–H and O–H groups in total. The van der Waals surface area contributed by atoms with Crippen molar-refractivity contribution in [1.29, 1.82) is 0 Å². The van der Waals surface area contributed by atoms with E-state index in [4.69, 9.17) is 0 Å². The molecular formula is C20H25INO-. The van der Waals surface area contributed by atoms with Crippen LogP contribution in [0.3, 0.4) is 0 Å². The molecule has 0 aromatic heterocycles. The monoisotopic (exact) mass is 422 g/mol. The zero-order valence-electron chi connectivity index (χ0n) is 13.7. The molecule has 2 nitrogen and oxygen atoms in total. The Balaban J connectivity index is 1.75. The minimum atomic E-state index is -0.134. The second kappa shape index (κ2) is 10.4. The Morgan fingerprint density at radius 1 is 0.870 bits per heavy atom. The summed E-state index contributed by atoms with van der Waals surface area (Å²) >= 11 is -0.134. The summed E-state index contributed by atoms with van der Waals surface area (Å²) in [5.74, 6) is 0.131. The van der Waals surface area contributed by atoms with E-state index in [0.717, 1.165) is 18.5 Å². The van der Waals surface area contributed by atoms with E-state index in [1.54, 1.807) is 0 Å². The molecule has 2 rings (SSSR count). The van der Waals surface area contributed by atoms with Gasteiger partial charge in [-0.15, -0.1) is 0 Å². The van der Waals surface area contributed by atoms with E-state index < -0.39 is 0 Å². The van der Waals surface area contributed by atoms with Crippen molar-refractivity contribution in [2.45, 2.75) is 45.4 Å². The molecule has 0 saturated heterocycles. The van der Waals surface area contributed by atoms with Crippen molar-refractivity contribution >= 4 is 11.6 Å². The van der Waals surface area contributed by atoms with Gasteiger partial charge in [0.1, 0.15) is 0 Å². The Labute approximate surface area is 150 Å². The summed E-state index contributed by atoms with van der Waals surface area (Å²) in [4.78, 5) is 11.9. The molecule has 124 valence electrons. The second-order valence-electron chi connectivity index (χ2n) is 5.61. The first-order valence-corrected chi connectivity index (χ1v) is 10.5. The maximum atomic E-state index is 11.9. The minimum absolute atomic E-state index is 0.131. The number of amides is 1. The number of carbonyl (C=O) groups is 1. The van der Waals surface area contributed by atoms with Crippen molar-refractivity contribution < 1.29 is 26.0 Å². The summed E-state index contributed by atoms with van der Waals surface area (Å²) in [6, 6.07) is 18.9. The van der Waals surface area contributed by atoms with Crippen LogP contribution < -0.4 is 26.5 Å². The van der Waals surface area contributed by atoms with E-state index >= 15 is 0 Å². The maximum absolute atomic E-state index is 11.9. The molecule has 3 heteroatoms. The Morgan fingerprint density at radius 2 is 1.52 bits per heavy atom. The van der Waals surface area contributed by atoms with Gasteiger partial charge in [0.05, 0.1) is 0 Å². The van der Waals surface area contributed by atoms with Gasteiger partial charge >= 0.3 is 143 Å². The van der Waals surface area contributed by atoms with Crippen molar-refractivity contribution in [2.75, 3.05) is 5.32 Å². The summed E-state index contributed by atoms with van der Waals surface area (Å²) in [7, 11) is 0. The van der Waals surface area contributed by atoms with Gasteiger partial charge in [0.25, 0.3) is 0 Å². The Bertz CT molecular complexity index is 580. The third-order valence-electron chi connectivity index (χ3n) is 3.59. The van der Waals surface area contributed by atoms with E-state index in [9.17, 15) is 4.79 Å². The van der Waals surface area contributed by atoms with E-state index in [-0.39, 0.29) is 27.1 Å². The normalized spacial score (nSPS) is 10.7. The fraction of sp³-hybridized carbons (Fsp3) is 0.350. The Hall–Kier alpha value is -1.36. The molecule has 1 amide bonds. The molecule has 0 aliphatic heterocycles. The molecule has 0 atom stereocenters. The van der Waals surface area contributed by atoms with Crippen LogP contribution >= 0.6 is 0 Å². The fourth-order valence-corrected chi connectivity index (χ4v) is 4.53. The fourth-order valence-electron chi connectivity index (χ4n) is 2.31. The molecule has 0 spiro atoms. The molecule has 23 heavy (non-hydrogen) atoms. The predicted octanol–water partition coefficient (Wildman–Crippen LogP) is 2.11. The molecule has 0 saturated carbocycles. The van der Waals surface area contributed by atoms with Gasteiger partial charge in [-0.05, 0) is 0 Å². The van der Waals surface area contributed by atoms with Gasteiger partial charge < -0.3 is 0 Å². The number of hydrogen-bond donors (Lipinski definition) is 1. The van der Waals surface area contributed by atoms with Crippen LogP contribution in [-0.2, 0) is 4.79 Å². The third-order valence-corrected chi connectivity index (χ3v) is 6.27. The number of halogens is 1. The Kier molecular flexibility index (Phi) is 8.15. The topological polar surface area (TPSA) is 29.1 Å². The Morgan fingerprint density at radius 3 is 2.22 bits per heavy atom. The molecule has 2 aromatic rings. The third kappa shape index (κ3) is 7.16. The van der Waals surface area contributed by atoms with Crippen LogP contribution in [0.15, 0.2) is 54.6 Å². The summed E-state index contributed by atoms with van der Waals surface area (Å²) in [5.41, 5.74) is 0.907. The first-order valence-electron chi connectivity index (χ1n) is 8.37. The van der Waals surface area contributed by atoms with Gasteiger partial charge in [-0.2, -0.15) is 0 Å². The van der Waals surface area contributed by atoms with Crippen LogP contribution in [0.5, 0.6) is 0 Å². The molecule has 0 bridgehead atoms. The summed E-state index contributed by atoms with van der Waals surface area (Å²) in [5, 5.41) is 3.00. The van der Waals surface area contributed by atoms with E-state index in [1.807, 2.05) is 18.2 Å². The number of nitrogens with one attached hydrogen (secondary N) is 1. The zero-order chi connectivity index (χ0) is 16.3. The summed E-state index contributed by atoms with van der Waals surface area (Å²) < 4.78 is 2.78. The van der Waals surface area contributed by atoms with Crippen molar-refractivity contribution in [3.8, 4) is 0 Å². The molecule has 2 aromatic carbocycles. The van der Waals surface area contributed by atoms with Crippen LogP contribution in [0.1, 0.15) is 45.4 Å². The molecule has 0 aliphatic rings. The van der Waals surface area contributed by atoms with Crippen molar-refractivity contribution in [3.05, 3.63) is 61.7 Å². The average Bonchev–Trinajstić information content (AvgIpc) is 2.57. The molecule has 0 radical (unpaired) electrons. The van der Waals surface area contributed by atoms with Crippen LogP contribution in [0, 0.1) is 7.14 Å². The van der Waals surface area contributed by atoms with Gasteiger partial charge in [-0.3, -0.25) is 0 Å². The first-order chi connectivity index (χ1) is 11.3. The number of anilines is 1. The average molecular weight is 422 g/mol. The van der Waals surface area contributed by atoms with Gasteiger partial charge in [0, 0.05) is 0 Å². The zero-order valence-corrected chi connectivity index (χ0v) is 15.9. The van der Waals surface area contributed by atoms with Crippen molar-refractivity contribution in [3.63, 3.8) is 0 Å². The van der Waals surface area contributed by atoms with E-state index in [2.05, 4.69) is 48.6 Å². The number of rotatable bonds is 9. The number of hydrogen-bond acceptors (Lipinski definition) is 1. The van der Waals surface area contributed by atoms with Crippen LogP contribution in [0.2, 0.25) is 0 Å². The van der Waals surface area contributed by atoms with Gasteiger partial charge in [0.15, 0.2) is 0 Å². The van der Waals surface area contributed by atoms with Crippen molar-refractivity contribution in [2.24, 2.45) is 0 Å². The predicted molar refractivity (Wildman–Crippen MR) is 92.3 cm³/mol. The number of carbonyl (C=O) groups excluding carboxylic acids is 1.